The van der Waals surface area contributed by atoms with E-state index in [0.717, 1.165) is 0 Å². The predicted molar refractivity (Wildman–Crippen MR) is 41.6 cm³/mol. The van der Waals surface area contributed by atoms with Gasteiger partial charge in [-0.2, -0.15) is 0 Å². The first-order valence-electron chi connectivity index (χ1n) is 3.45. The van der Waals surface area contributed by atoms with E-state index in [4.69, 9.17) is 9.84 Å². The third-order valence-corrected chi connectivity index (χ3v) is 1.50. The SMILES string of the molecule is COCC(CC(=O)O)N(C)C. The molecule has 0 rings (SSSR count). The minimum atomic E-state index is -0.791. The van der Waals surface area contributed by atoms with Crippen LogP contribution in [0, 0.1) is 0 Å². The molecule has 11 heavy (non-hydrogen) atoms. The summed E-state index contributed by atoms with van der Waals surface area (Å²) in [6.45, 7) is 0.458. The maximum absolute atomic E-state index is 10.3. The lowest BCUT2D eigenvalue weighted by Gasteiger charge is -2.21. The van der Waals surface area contributed by atoms with Gasteiger partial charge in [0.2, 0.25) is 0 Å². The monoisotopic (exact) mass is 161 g/mol. The fourth-order valence-electron chi connectivity index (χ4n) is 0.785. The summed E-state index contributed by atoms with van der Waals surface area (Å²) in [5.41, 5.74) is 0. The van der Waals surface area contributed by atoms with Crippen LogP contribution >= 0.6 is 0 Å². The van der Waals surface area contributed by atoms with E-state index in [1.807, 2.05) is 19.0 Å². The Morgan fingerprint density at radius 3 is 2.45 bits per heavy atom. The van der Waals surface area contributed by atoms with Crippen LogP contribution in [0.1, 0.15) is 6.42 Å². The van der Waals surface area contributed by atoms with Crippen LogP contribution in [0.3, 0.4) is 0 Å². The molecule has 4 heteroatoms. The Labute approximate surface area is 66.8 Å². The summed E-state index contributed by atoms with van der Waals surface area (Å²) in [4.78, 5) is 12.2. The zero-order chi connectivity index (χ0) is 8.85. The predicted octanol–water partition coefficient (Wildman–Crippen LogP) is 0.0377. The van der Waals surface area contributed by atoms with Crippen LogP contribution in [0.5, 0.6) is 0 Å². The number of aliphatic carboxylic acids is 1. The minimum absolute atomic E-state index is 0.0301. The number of nitrogens with zero attached hydrogens (tertiary/aromatic N) is 1. The van der Waals surface area contributed by atoms with E-state index in [2.05, 4.69) is 0 Å². The van der Waals surface area contributed by atoms with E-state index in [0.29, 0.717) is 6.61 Å². The average Bonchev–Trinajstić information content (AvgIpc) is 1.86. The molecule has 0 amide bonds. The molecule has 0 spiro atoms. The van der Waals surface area contributed by atoms with Crippen molar-refractivity contribution in [2.45, 2.75) is 12.5 Å². The van der Waals surface area contributed by atoms with Gasteiger partial charge in [-0.1, -0.05) is 0 Å². The first kappa shape index (κ1) is 10.4. The van der Waals surface area contributed by atoms with E-state index in [1.54, 1.807) is 7.11 Å². The highest BCUT2D eigenvalue weighted by atomic mass is 16.5. The molecule has 0 aromatic heterocycles. The van der Waals surface area contributed by atoms with Crippen molar-refractivity contribution in [2.75, 3.05) is 27.8 Å². The quantitative estimate of drug-likeness (QED) is 0.618. The number of carboxylic acids is 1. The summed E-state index contributed by atoms with van der Waals surface area (Å²) in [7, 11) is 5.25. The molecule has 0 saturated heterocycles. The molecule has 0 saturated carbocycles. The number of carboxylic acid groups (broad SMARTS) is 1. The van der Waals surface area contributed by atoms with E-state index >= 15 is 0 Å². The first-order valence-corrected chi connectivity index (χ1v) is 3.45. The third kappa shape index (κ3) is 4.75. The van der Waals surface area contributed by atoms with Gasteiger partial charge in [-0.05, 0) is 14.1 Å². The topological polar surface area (TPSA) is 49.8 Å². The van der Waals surface area contributed by atoms with Gasteiger partial charge in [0.1, 0.15) is 0 Å². The van der Waals surface area contributed by atoms with Gasteiger partial charge in [0, 0.05) is 13.2 Å². The van der Waals surface area contributed by atoms with E-state index in [-0.39, 0.29) is 12.5 Å². The van der Waals surface area contributed by atoms with E-state index < -0.39 is 5.97 Å². The summed E-state index contributed by atoms with van der Waals surface area (Å²) in [5.74, 6) is -0.791. The smallest absolute Gasteiger partial charge is 0.305 e. The van der Waals surface area contributed by atoms with Crippen molar-refractivity contribution >= 4 is 5.97 Å². The first-order chi connectivity index (χ1) is 5.07. The van der Waals surface area contributed by atoms with Crippen LogP contribution in [0.15, 0.2) is 0 Å². The molecule has 0 aromatic carbocycles. The molecule has 0 aromatic rings. The number of methoxy groups -OCH3 is 1. The molecule has 66 valence electrons. The molecular formula is C7H15NO3. The van der Waals surface area contributed by atoms with Gasteiger partial charge in [0.05, 0.1) is 13.0 Å². The van der Waals surface area contributed by atoms with Gasteiger partial charge in [-0.3, -0.25) is 4.79 Å². The molecule has 0 radical (unpaired) electrons. The third-order valence-electron chi connectivity index (χ3n) is 1.50. The molecule has 1 N–H and O–H groups in total. The molecule has 0 fully saturated rings. The summed E-state index contributed by atoms with van der Waals surface area (Å²) in [5, 5.41) is 8.48. The zero-order valence-corrected chi connectivity index (χ0v) is 7.20. The number of hydrogen-bond acceptors (Lipinski definition) is 3. The second-order valence-corrected chi connectivity index (χ2v) is 2.67. The summed E-state index contributed by atoms with van der Waals surface area (Å²) in [6, 6.07) is -0.0301. The van der Waals surface area contributed by atoms with Gasteiger partial charge in [0.15, 0.2) is 0 Å². The van der Waals surface area contributed by atoms with Crippen molar-refractivity contribution in [3.8, 4) is 0 Å². The van der Waals surface area contributed by atoms with Crippen LogP contribution < -0.4 is 0 Å². The van der Waals surface area contributed by atoms with Crippen LogP contribution in [-0.2, 0) is 9.53 Å². The molecule has 0 bridgehead atoms. The Balaban J connectivity index is 3.79. The fraction of sp³-hybridized carbons (Fsp3) is 0.857. The minimum Gasteiger partial charge on any atom is -0.481 e. The zero-order valence-electron chi connectivity index (χ0n) is 7.20. The van der Waals surface area contributed by atoms with Crippen molar-refractivity contribution < 1.29 is 14.6 Å². The Morgan fingerprint density at radius 1 is 1.64 bits per heavy atom. The summed E-state index contributed by atoms with van der Waals surface area (Å²) in [6.07, 6.45) is 0.126. The lowest BCUT2D eigenvalue weighted by atomic mass is 10.2. The Hall–Kier alpha value is -0.610. The van der Waals surface area contributed by atoms with Crippen LogP contribution in [-0.4, -0.2) is 49.8 Å². The van der Waals surface area contributed by atoms with Gasteiger partial charge in [-0.15, -0.1) is 0 Å². The van der Waals surface area contributed by atoms with Crippen LogP contribution in [0.4, 0.5) is 0 Å². The molecule has 1 atom stereocenters. The van der Waals surface area contributed by atoms with Crippen LogP contribution in [0.2, 0.25) is 0 Å². The molecule has 0 aliphatic rings. The largest absolute Gasteiger partial charge is 0.481 e. The molecule has 0 heterocycles. The van der Waals surface area contributed by atoms with E-state index in [1.165, 1.54) is 0 Å². The maximum Gasteiger partial charge on any atom is 0.305 e. The maximum atomic E-state index is 10.3. The summed E-state index contributed by atoms with van der Waals surface area (Å²) < 4.78 is 4.86. The summed E-state index contributed by atoms with van der Waals surface area (Å²) >= 11 is 0. The van der Waals surface area contributed by atoms with Crippen molar-refractivity contribution in [3.63, 3.8) is 0 Å². The van der Waals surface area contributed by atoms with Gasteiger partial charge >= 0.3 is 5.97 Å². The van der Waals surface area contributed by atoms with Gasteiger partial charge in [0.25, 0.3) is 0 Å². The van der Waals surface area contributed by atoms with Gasteiger partial charge in [-0.25, -0.2) is 0 Å². The van der Waals surface area contributed by atoms with Crippen molar-refractivity contribution in [1.82, 2.24) is 4.90 Å². The number of rotatable bonds is 5. The molecular weight excluding hydrogens is 146 g/mol. The highest BCUT2D eigenvalue weighted by molar-refractivity contribution is 5.67. The molecule has 0 aliphatic heterocycles. The van der Waals surface area contributed by atoms with Crippen molar-refractivity contribution in [3.05, 3.63) is 0 Å². The molecule has 0 aliphatic carbocycles. The standard InChI is InChI=1S/C7H15NO3/c1-8(2)6(5-11-3)4-7(9)10/h6H,4-5H2,1-3H3,(H,9,10). The second kappa shape index (κ2) is 5.09. The van der Waals surface area contributed by atoms with Crippen molar-refractivity contribution in [2.24, 2.45) is 0 Å². The normalized spacial score (nSPS) is 13.5. The van der Waals surface area contributed by atoms with E-state index in [9.17, 15) is 4.79 Å². The Kier molecular flexibility index (Phi) is 4.81. The lowest BCUT2D eigenvalue weighted by molar-refractivity contribution is -0.138. The highest BCUT2D eigenvalue weighted by Crippen LogP contribution is 1.99. The second-order valence-electron chi connectivity index (χ2n) is 2.67. The van der Waals surface area contributed by atoms with Crippen molar-refractivity contribution in [1.29, 1.82) is 0 Å². The van der Waals surface area contributed by atoms with Crippen LogP contribution in [0.25, 0.3) is 0 Å². The fourth-order valence-corrected chi connectivity index (χ4v) is 0.785. The lowest BCUT2D eigenvalue weighted by Crippen LogP contribution is -2.34. The number of likely N-dealkylation sites (N-methyl/N-ethyl adjacent to an activating group) is 1. The Bertz CT molecular complexity index is 125. The number of hydrogen-bond donors (Lipinski definition) is 1. The molecule has 1 unspecified atom stereocenters. The van der Waals surface area contributed by atoms with Gasteiger partial charge < -0.3 is 14.7 Å². The number of ether oxygens (including phenoxy) is 1. The Morgan fingerprint density at radius 2 is 2.18 bits per heavy atom. The molecule has 4 nitrogen and oxygen atoms in total. The average molecular weight is 161 g/mol. The highest BCUT2D eigenvalue weighted by Gasteiger charge is 2.14. The number of carbonyl (C=O) groups is 1.